The zero-order valence-corrected chi connectivity index (χ0v) is 13.3. The van der Waals surface area contributed by atoms with Crippen LogP contribution in [-0.2, 0) is 9.53 Å². The van der Waals surface area contributed by atoms with Gasteiger partial charge in [0.25, 0.3) is 5.56 Å². The van der Waals surface area contributed by atoms with Crippen LogP contribution in [0.15, 0.2) is 51.0 Å². The van der Waals surface area contributed by atoms with Crippen molar-refractivity contribution < 1.29 is 9.53 Å². The minimum absolute atomic E-state index is 0.412. The maximum atomic E-state index is 12.0. The summed E-state index contributed by atoms with van der Waals surface area (Å²) in [4.78, 5) is 37.2. The molecule has 2 aromatic rings. The van der Waals surface area contributed by atoms with Crippen LogP contribution < -0.4 is 11.2 Å². The van der Waals surface area contributed by atoms with Crippen molar-refractivity contribution in [3.8, 4) is 0 Å². The molecule has 0 aliphatic carbocycles. The largest absolute Gasteiger partial charge is 0.333 e. The van der Waals surface area contributed by atoms with Crippen molar-refractivity contribution in [3.05, 3.63) is 62.9 Å². The Morgan fingerprint density at radius 2 is 2.09 bits per heavy atom. The van der Waals surface area contributed by atoms with Crippen molar-refractivity contribution in [2.24, 2.45) is 0 Å². The molecule has 3 rings (SSSR count). The molecule has 0 spiro atoms. The minimum atomic E-state index is -1.02. The van der Waals surface area contributed by atoms with E-state index in [0.717, 1.165) is 11.2 Å². The van der Waals surface area contributed by atoms with Crippen LogP contribution in [0.3, 0.4) is 0 Å². The summed E-state index contributed by atoms with van der Waals surface area (Å²) in [6.07, 6.45) is 2.70. The van der Waals surface area contributed by atoms with Crippen molar-refractivity contribution >= 4 is 18.0 Å². The van der Waals surface area contributed by atoms with Gasteiger partial charge in [0.05, 0.1) is 0 Å². The Labute approximate surface area is 136 Å². The summed E-state index contributed by atoms with van der Waals surface area (Å²) in [7, 11) is 0. The molecule has 120 valence electrons. The Kier molecular flexibility index (Phi) is 4.23. The number of carbonyl (C=O) groups excluding carboxylic acids is 1. The van der Waals surface area contributed by atoms with Crippen LogP contribution in [0.25, 0.3) is 0 Å². The predicted molar refractivity (Wildman–Crippen MR) is 86.5 cm³/mol. The number of ether oxygens (including phenoxy) is 1. The van der Waals surface area contributed by atoms with E-state index in [2.05, 4.69) is 4.98 Å². The molecule has 0 amide bonds. The second-order valence-electron chi connectivity index (χ2n) is 5.43. The first kappa shape index (κ1) is 15.8. The van der Waals surface area contributed by atoms with Crippen LogP contribution in [0.5, 0.6) is 0 Å². The number of aryl methyl sites for hydroxylation is 1. The van der Waals surface area contributed by atoms with Gasteiger partial charge in [-0.15, -0.1) is 0 Å². The lowest BCUT2D eigenvalue weighted by molar-refractivity contribution is -0.122. The molecule has 1 aliphatic rings. The van der Waals surface area contributed by atoms with Gasteiger partial charge in [0.2, 0.25) is 0 Å². The van der Waals surface area contributed by atoms with Crippen molar-refractivity contribution in [3.63, 3.8) is 0 Å². The monoisotopic (exact) mass is 332 g/mol. The third kappa shape index (κ3) is 3.16. The van der Waals surface area contributed by atoms with Crippen molar-refractivity contribution in [1.29, 1.82) is 0 Å². The van der Waals surface area contributed by atoms with E-state index in [1.807, 2.05) is 30.3 Å². The molecule has 1 aliphatic heterocycles. The van der Waals surface area contributed by atoms with E-state index >= 15 is 0 Å². The number of nitrogens with zero attached hydrogens (tertiary/aromatic N) is 1. The molecule has 2 atom stereocenters. The van der Waals surface area contributed by atoms with E-state index in [-0.39, 0.29) is 0 Å². The molecule has 2 heterocycles. The normalized spacial score (nSPS) is 23.8. The molecular formula is C16H16N2O4S. The molecule has 0 radical (unpaired) electrons. The molecule has 0 saturated carbocycles. The molecule has 0 unspecified atom stereocenters. The fourth-order valence-electron chi connectivity index (χ4n) is 2.54. The van der Waals surface area contributed by atoms with Crippen molar-refractivity contribution in [2.75, 3.05) is 0 Å². The average molecular weight is 332 g/mol. The first-order valence-electron chi connectivity index (χ1n) is 7.23. The average Bonchev–Trinajstić information content (AvgIpc) is 2.96. The number of nitrogens with one attached hydrogen (secondary N) is 1. The zero-order chi connectivity index (χ0) is 16.4. The van der Waals surface area contributed by atoms with Crippen LogP contribution in [0.2, 0.25) is 0 Å². The maximum absolute atomic E-state index is 12.0. The van der Waals surface area contributed by atoms with Gasteiger partial charge in [-0.05, 0) is 31.9 Å². The second kappa shape index (κ2) is 6.17. The smallest absolute Gasteiger partial charge is 0.330 e. The fourth-order valence-corrected chi connectivity index (χ4v) is 3.66. The summed E-state index contributed by atoms with van der Waals surface area (Å²) >= 11 is 1.33. The number of thioether (sulfide) groups is 1. The number of aromatic amines is 1. The molecule has 7 heteroatoms. The third-order valence-corrected chi connectivity index (χ3v) is 4.99. The highest BCUT2D eigenvalue weighted by atomic mass is 32.2. The molecule has 1 fully saturated rings. The van der Waals surface area contributed by atoms with Crippen LogP contribution in [-0.4, -0.2) is 20.8 Å². The number of carbonyl (C=O) groups is 1. The van der Waals surface area contributed by atoms with Gasteiger partial charge in [0, 0.05) is 16.7 Å². The van der Waals surface area contributed by atoms with Gasteiger partial charge >= 0.3 is 5.69 Å². The lowest BCUT2D eigenvalue weighted by Gasteiger charge is -2.23. The standard InChI is InChI=1S/C16H16N2O4S/c1-11-9-18(15(21)17-14(11)20)13-7-8-16(10-19,22-13)23-12-5-3-2-4-6-12/h2-6,9-10,13H,7-8H2,1H3,(H,17,20,21)/t13-,16-/m1/s1. The molecule has 0 bridgehead atoms. The van der Waals surface area contributed by atoms with Gasteiger partial charge in [0.15, 0.2) is 11.2 Å². The van der Waals surface area contributed by atoms with Crippen LogP contribution in [0.1, 0.15) is 24.6 Å². The lowest BCUT2D eigenvalue weighted by Crippen LogP contribution is -2.34. The van der Waals surface area contributed by atoms with E-state index in [0.29, 0.717) is 18.4 Å². The summed E-state index contributed by atoms with van der Waals surface area (Å²) < 4.78 is 7.24. The van der Waals surface area contributed by atoms with E-state index < -0.39 is 22.4 Å². The third-order valence-electron chi connectivity index (χ3n) is 3.74. The highest BCUT2D eigenvalue weighted by Crippen LogP contribution is 2.45. The van der Waals surface area contributed by atoms with E-state index in [9.17, 15) is 14.4 Å². The first-order chi connectivity index (χ1) is 11.0. The van der Waals surface area contributed by atoms with E-state index in [1.165, 1.54) is 22.5 Å². The summed E-state index contributed by atoms with van der Waals surface area (Å²) in [5.74, 6) is 0. The lowest BCUT2D eigenvalue weighted by atomic mass is 10.2. The fraction of sp³-hybridized carbons (Fsp3) is 0.312. The van der Waals surface area contributed by atoms with Crippen molar-refractivity contribution in [1.82, 2.24) is 9.55 Å². The van der Waals surface area contributed by atoms with Crippen molar-refractivity contribution in [2.45, 2.75) is 35.8 Å². The van der Waals surface area contributed by atoms with Gasteiger partial charge in [-0.3, -0.25) is 19.1 Å². The molecule has 1 aromatic carbocycles. The quantitative estimate of drug-likeness (QED) is 0.864. The van der Waals surface area contributed by atoms with Crippen LogP contribution >= 0.6 is 11.8 Å². The summed E-state index contributed by atoms with van der Waals surface area (Å²) in [6.45, 7) is 1.62. The maximum Gasteiger partial charge on any atom is 0.330 e. The highest BCUT2D eigenvalue weighted by Gasteiger charge is 2.42. The molecule has 23 heavy (non-hydrogen) atoms. The molecular weight excluding hydrogens is 316 g/mol. The second-order valence-corrected chi connectivity index (χ2v) is 6.80. The molecule has 1 saturated heterocycles. The molecule has 6 nitrogen and oxygen atoms in total. The number of hydrogen-bond donors (Lipinski definition) is 1. The Balaban J connectivity index is 1.87. The topological polar surface area (TPSA) is 81.2 Å². The van der Waals surface area contributed by atoms with Gasteiger partial charge in [-0.25, -0.2) is 4.79 Å². The SMILES string of the molecule is Cc1cn([C@H]2CC[C@](C=O)(Sc3ccccc3)O2)c(=O)[nH]c1=O. The number of aldehydes is 1. The van der Waals surface area contributed by atoms with E-state index in [1.54, 1.807) is 6.92 Å². The van der Waals surface area contributed by atoms with Gasteiger partial charge < -0.3 is 4.74 Å². The summed E-state index contributed by atoms with van der Waals surface area (Å²) in [6, 6.07) is 9.50. The Morgan fingerprint density at radius 1 is 1.35 bits per heavy atom. The number of rotatable bonds is 4. The van der Waals surface area contributed by atoms with Crippen LogP contribution in [0.4, 0.5) is 0 Å². The van der Waals surface area contributed by atoms with E-state index in [4.69, 9.17) is 4.74 Å². The number of aromatic nitrogens is 2. The minimum Gasteiger partial charge on any atom is -0.333 e. The molecule has 1 N–H and O–H groups in total. The highest BCUT2D eigenvalue weighted by molar-refractivity contribution is 8.01. The number of H-pyrrole nitrogens is 1. The predicted octanol–water partition coefficient (Wildman–Crippen LogP) is 1.84. The number of benzene rings is 1. The Morgan fingerprint density at radius 3 is 2.78 bits per heavy atom. The van der Waals surface area contributed by atoms with Gasteiger partial charge in [-0.1, -0.05) is 30.0 Å². The molecule has 1 aromatic heterocycles. The summed E-state index contributed by atoms with van der Waals surface area (Å²) in [5.41, 5.74) is -0.519. The summed E-state index contributed by atoms with van der Waals surface area (Å²) in [5, 5.41) is 0. The van der Waals surface area contributed by atoms with Crippen LogP contribution in [0, 0.1) is 6.92 Å². The van der Waals surface area contributed by atoms with Gasteiger partial charge in [-0.2, -0.15) is 0 Å². The Hall–Kier alpha value is -2.12. The zero-order valence-electron chi connectivity index (χ0n) is 12.5. The number of hydrogen-bond acceptors (Lipinski definition) is 5. The van der Waals surface area contributed by atoms with Gasteiger partial charge in [0.1, 0.15) is 6.23 Å². The first-order valence-corrected chi connectivity index (χ1v) is 8.05. The Bertz CT molecular complexity index is 830.